The van der Waals surface area contributed by atoms with Crippen LogP contribution in [-0.2, 0) is 9.59 Å². The van der Waals surface area contributed by atoms with Gasteiger partial charge in [-0.15, -0.1) is 0 Å². The minimum absolute atomic E-state index is 0.128. The maximum Gasteiger partial charge on any atom is 0.311 e. The fourth-order valence-electron chi connectivity index (χ4n) is 5.45. The Bertz CT molecular complexity index is 461. The Labute approximate surface area is 173 Å². The molecule has 0 fully saturated rings. The first-order valence-corrected chi connectivity index (χ1v) is 11.5. The Morgan fingerprint density at radius 2 is 1.21 bits per heavy atom. The van der Waals surface area contributed by atoms with Gasteiger partial charge in [0.1, 0.15) is 0 Å². The Morgan fingerprint density at radius 1 is 0.750 bits per heavy atom. The number of carboxylic acids is 2. The zero-order valence-corrected chi connectivity index (χ0v) is 19.5. The lowest BCUT2D eigenvalue weighted by Gasteiger charge is -2.52. The molecule has 0 aliphatic heterocycles. The van der Waals surface area contributed by atoms with Crippen LogP contribution in [0.25, 0.3) is 0 Å². The van der Waals surface area contributed by atoms with E-state index in [9.17, 15) is 19.8 Å². The Balaban J connectivity index is 6.23. The molecule has 0 aliphatic carbocycles. The molecule has 0 bridgehead atoms. The first-order valence-electron chi connectivity index (χ1n) is 11.5. The third-order valence-electron chi connectivity index (χ3n) is 7.05. The molecule has 0 heterocycles. The fourth-order valence-corrected chi connectivity index (χ4v) is 5.45. The Morgan fingerprint density at radius 3 is 1.57 bits per heavy atom. The second-order valence-electron chi connectivity index (χ2n) is 9.30. The van der Waals surface area contributed by atoms with E-state index in [4.69, 9.17) is 0 Å². The maximum atomic E-state index is 12.9. The minimum atomic E-state index is -1.25. The lowest BCUT2D eigenvalue weighted by molar-refractivity contribution is -0.192. The third kappa shape index (κ3) is 5.73. The molecule has 3 unspecified atom stereocenters. The molecular formula is C24H46O4. The van der Waals surface area contributed by atoms with Crippen LogP contribution in [0, 0.1) is 28.6 Å². The van der Waals surface area contributed by atoms with Crippen LogP contribution in [0.15, 0.2) is 0 Å². The molecule has 4 heteroatoms. The van der Waals surface area contributed by atoms with E-state index in [1.54, 1.807) is 0 Å². The minimum Gasteiger partial charge on any atom is -0.481 e. The van der Waals surface area contributed by atoms with Gasteiger partial charge >= 0.3 is 11.9 Å². The van der Waals surface area contributed by atoms with E-state index in [-0.39, 0.29) is 17.8 Å². The number of hydrogen-bond acceptors (Lipinski definition) is 2. The van der Waals surface area contributed by atoms with Crippen LogP contribution in [0.1, 0.15) is 113 Å². The van der Waals surface area contributed by atoms with Gasteiger partial charge in [0.05, 0.1) is 10.8 Å². The predicted octanol–water partition coefficient (Wildman–Crippen LogP) is 7.02. The summed E-state index contributed by atoms with van der Waals surface area (Å²) in [5.74, 6) is -2.11. The molecule has 28 heavy (non-hydrogen) atoms. The molecule has 0 radical (unpaired) electrons. The van der Waals surface area contributed by atoms with Crippen LogP contribution in [0.5, 0.6) is 0 Å². The van der Waals surface area contributed by atoms with Gasteiger partial charge < -0.3 is 10.2 Å². The lowest BCUT2D eigenvalue weighted by Crippen LogP contribution is -2.60. The second kappa shape index (κ2) is 12.5. The second-order valence-corrected chi connectivity index (χ2v) is 9.30. The number of unbranched alkanes of at least 4 members (excludes halogenated alkanes) is 5. The van der Waals surface area contributed by atoms with Crippen molar-refractivity contribution < 1.29 is 19.8 Å². The standard InChI is InChI=1S/C24H46O4/c1-8-11-12-13-14-15-16-23(21(25)26,17-18(4)5)24(22(27)28,19(6)9-2)20(7)10-3/h18-20H,8-17H2,1-7H3,(H,25,26)(H,27,28). The van der Waals surface area contributed by atoms with Gasteiger partial charge in [-0.05, 0) is 30.6 Å². The molecule has 0 rings (SSSR count). The quantitative estimate of drug-likeness (QED) is 0.274. The molecule has 0 saturated heterocycles. The zero-order valence-electron chi connectivity index (χ0n) is 19.5. The van der Waals surface area contributed by atoms with Crippen molar-refractivity contribution >= 4 is 11.9 Å². The van der Waals surface area contributed by atoms with Crippen LogP contribution in [0.2, 0.25) is 0 Å². The Hall–Kier alpha value is -1.06. The molecule has 0 amide bonds. The van der Waals surface area contributed by atoms with Crippen LogP contribution < -0.4 is 0 Å². The van der Waals surface area contributed by atoms with Crippen molar-refractivity contribution in [2.24, 2.45) is 28.6 Å². The molecule has 3 atom stereocenters. The van der Waals surface area contributed by atoms with Gasteiger partial charge in [0.15, 0.2) is 0 Å². The van der Waals surface area contributed by atoms with Crippen molar-refractivity contribution in [3.8, 4) is 0 Å². The highest BCUT2D eigenvalue weighted by molar-refractivity contribution is 5.87. The van der Waals surface area contributed by atoms with Crippen LogP contribution in [0.3, 0.4) is 0 Å². The molecule has 0 aromatic carbocycles. The maximum absolute atomic E-state index is 12.9. The predicted molar refractivity (Wildman–Crippen MR) is 116 cm³/mol. The van der Waals surface area contributed by atoms with Crippen molar-refractivity contribution in [1.29, 1.82) is 0 Å². The van der Waals surface area contributed by atoms with Crippen molar-refractivity contribution in [1.82, 2.24) is 0 Å². The number of carboxylic acid groups (broad SMARTS) is 2. The summed E-state index contributed by atoms with van der Waals surface area (Å²) >= 11 is 0. The highest BCUT2D eigenvalue weighted by Crippen LogP contribution is 2.58. The van der Waals surface area contributed by atoms with Crippen molar-refractivity contribution in [2.75, 3.05) is 0 Å². The lowest BCUT2D eigenvalue weighted by atomic mass is 9.48. The summed E-state index contributed by atoms with van der Waals surface area (Å²) in [5.41, 5.74) is -2.49. The van der Waals surface area contributed by atoms with E-state index in [2.05, 4.69) is 6.92 Å². The first-order chi connectivity index (χ1) is 13.1. The normalized spacial score (nSPS) is 18.3. The van der Waals surface area contributed by atoms with Gasteiger partial charge in [0.2, 0.25) is 0 Å². The summed E-state index contributed by atoms with van der Waals surface area (Å²) in [6, 6.07) is 0. The summed E-state index contributed by atoms with van der Waals surface area (Å²) in [4.78, 5) is 25.7. The van der Waals surface area contributed by atoms with E-state index in [0.717, 1.165) is 19.3 Å². The number of aliphatic carboxylic acids is 2. The van der Waals surface area contributed by atoms with Crippen molar-refractivity contribution in [3.05, 3.63) is 0 Å². The van der Waals surface area contributed by atoms with Crippen LogP contribution in [0.4, 0.5) is 0 Å². The van der Waals surface area contributed by atoms with E-state index >= 15 is 0 Å². The molecular weight excluding hydrogens is 352 g/mol. The smallest absolute Gasteiger partial charge is 0.311 e. The molecule has 2 N–H and O–H groups in total. The summed E-state index contributed by atoms with van der Waals surface area (Å²) in [5, 5.41) is 21.1. The number of hydrogen-bond donors (Lipinski definition) is 2. The Kier molecular flexibility index (Phi) is 12.0. The topological polar surface area (TPSA) is 74.6 Å². The van der Waals surface area contributed by atoms with E-state index < -0.39 is 22.8 Å². The fraction of sp³-hybridized carbons (Fsp3) is 0.917. The summed E-state index contributed by atoms with van der Waals surface area (Å²) in [6.07, 6.45) is 8.60. The average Bonchev–Trinajstić information content (AvgIpc) is 2.63. The highest BCUT2D eigenvalue weighted by atomic mass is 16.4. The molecule has 0 saturated carbocycles. The number of carbonyl (C=O) groups is 2. The molecule has 0 aromatic rings. The molecule has 4 nitrogen and oxygen atoms in total. The van der Waals surface area contributed by atoms with Gasteiger partial charge in [0, 0.05) is 0 Å². The zero-order chi connectivity index (χ0) is 22.0. The van der Waals surface area contributed by atoms with Gasteiger partial charge in [0.25, 0.3) is 0 Å². The van der Waals surface area contributed by atoms with Gasteiger partial charge in [-0.25, -0.2) is 0 Å². The SMILES string of the molecule is CCCCCCCCC(CC(C)C)(C(=O)O)C(C(=O)O)(C(C)CC)C(C)CC. The molecule has 0 spiro atoms. The van der Waals surface area contributed by atoms with E-state index in [1.807, 2.05) is 41.5 Å². The first kappa shape index (κ1) is 26.9. The van der Waals surface area contributed by atoms with Gasteiger partial charge in [-0.3, -0.25) is 9.59 Å². The molecule has 166 valence electrons. The summed E-state index contributed by atoms with van der Waals surface area (Å²) < 4.78 is 0. The van der Waals surface area contributed by atoms with Crippen LogP contribution in [-0.4, -0.2) is 22.2 Å². The third-order valence-corrected chi connectivity index (χ3v) is 7.05. The number of rotatable bonds is 16. The summed E-state index contributed by atoms with van der Waals surface area (Å²) in [6.45, 7) is 14.1. The van der Waals surface area contributed by atoms with Crippen molar-refractivity contribution in [2.45, 2.75) is 113 Å². The van der Waals surface area contributed by atoms with Crippen molar-refractivity contribution in [3.63, 3.8) is 0 Å². The molecule has 0 aliphatic rings. The highest BCUT2D eigenvalue weighted by Gasteiger charge is 2.64. The van der Waals surface area contributed by atoms with E-state index in [0.29, 0.717) is 25.7 Å². The molecule has 0 aromatic heterocycles. The largest absolute Gasteiger partial charge is 0.481 e. The van der Waals surface area contributed by atoms with Gasteiger partial charge in [-0.2, -0.15) is 0 Å². The van der Waals surface area contributed by atoms with E-state index in [1.165, 1.54) is 19.3 Å². The van der Waals surface area contributed by atoms with Crippen LogP contribution >= 0.6 is 0 Å². The monoisotopic (exact) mass is 398 g/mol. The summed E-state index contributed by atoms with van der Waals surface area (Å²) in [7, 11) is 0. The average molecular weight is 399 g/mol. The van der Waals surface area contributed by atoms with Gasteiger partial charge in [-0.1, -0.05) is 99.8 Å².